The number of halogens is 1. The predicted octanol–water partition coefficient (Wildman–Crippen LogP) is 2.90. The predicted molar refractivity (Wildman–Crippen MR) is 85.7 cm³/mol. The van der Waals surface area contributed by atoms with Crippen molar-refractivity contribution >= 4 is 23.4 Å². The summed E-state index contributed by atoms with van der Waals surface area (Å²) in [6, 6.07) is 8.51. The summed E-state index contributed by atoms with van der Waals surface area (Å²) in [7, 11) is 1.62. The minimum Gasteiger partial charge on any atom is -0.338 e. The number of carbonyl (C=O) groups excluding carboxylic acids is 1. The lowest BCUT2D eigenvalue weighted by Crippen LogP contribution is -2.42. The SMILES string of the molecule is CN(C(=O)C1CCCN1C#N)c1cc(-c2cccc(Cl)c2)no1. The Morgan fingerprint density at radius 2 is 2.35 bits per heavy atom. The van der Waals surface area contributed by atoms with Crippen LogP contribution < -0.4 is 4.90 Å². The van der Waals surface area contributed by atoms with Crippen molar-refractivity contribution in [3.05, 3.63) is 35.4 Å². The normalized spacial score (nSPS) is 17.1. The highest BCUT2D eigenvalue weighted by molar-refractivity contribution is 6.30. The van der Waals surface area contributed by atoms with Crippen molar-refractivity contribution in [3.8, 4) is 17.5 Å². The van der Waals surface area contributed by atoms with Crippen LogP contribution in [0.1, 0.15) is 12.8 Å². The van der Waals surface area contributed by atoms with E-state index in [1.165, 1.54) is 9.80 Å². The summed E-state index contributed by atoms with van der Waals surface area (Å²) in [6.07, 6.45) is 3.57. The molecule has 1 aliphatic heterocycles. The van der Waals surface area contributed by atoms with Crippen LogP contribution in [0.25, 0.3) is 11.3 Å². The van der Waals surface area contributed by atoms with Crippen LogP contribution in [0.15, 0.2) is 34.9 Å². The molecular formula is C16H15ClN4O2. The third-order valence-corrected chi connectivity index (χ3v) is 4.18. The molecule has 23 heavy (non-hydrogen) atoms. The van der Waals surface area contributed by atoms with Gasteiger partial charge in [0, 0.05) is 30.2 Å². The quantitative estimate of drug-likeness (QED) is 0.809. The molecule has 2 heterocycles. The van der Waals surface area contributed by atoms with Gasteiger partial charge in [-0.2, -0.15) is 5.26 Å². The van der Waals surface area contributed by atoms with Gasteiger partial charge in [-0.1, -0.05) is 28.9 Å². The van der Waals surface area contributed by atoms with Gasteiger partial charge in [-0.05, 0) is 25.0 Å². The van der Waals surface area contributed by atoms with Gasteiger partial charge >= 0.3 is 0 Å². The van der Waals surface area contributed by atoms with E-state index >= 15 is 0 Å². The molecule has 1 unspecified atom stereocenters. The molecule has 0 aliphatic carbocycles. The lowest BCUT2D eigenvalue weighted by atomic mass is 10.1. The highest BCUT2D eigenvalue weighted by atomic mass is 35.5. The maximum Gasteiger partial charge on any atom is 0.252 e. The Labute approximate surface area is 138 Å². The van der Waals surface area contributed by atoms with E-state index in [0.29, 0.717) is 29.6 Å². The fourth-order valence-corrected chi connectivity index (χ4v) is 2.87. The molecular weight excluding hydrogens is 316 g/mol. The van der Waals surface area contributed by atoms with Crippen LogP contribution >= 0.6 is 11.6 Å². The molecule has 1 aromatic carbocycles. The monoisotopic (exact) mass is 330 g/mol. The second kappa shape index (κ2) is 6.31. The standard InChI is InChI=1S/C16H15ClN4O2/c1-20(16(22)14-6-3-7-21(14)10-18)15-9-13(19-23-15)11-4-2-5-12(17)8-11/h2,4-5,8-9,14H,3,6-7H2,1H3. The third kappa shape index (κ3) is 3.01. The number of hydrogen-bond donors (Lipinski definition) is 0. The fourth-order valence-electron chi connectivity index (χ4n) is 2.68. The number of carbonyl (C=O) groups is 1. The number of likely N-dealkylation sites (tertiary alicyclic amines) is 1. The molecule has 6 nitrogen and oxygen atoms in total. The van der Waals surface area contributed by atoms with Crippen LogP contribution in [0, 0.1) is 11.5 Å². The Morgan fingerprint density at radius 1 is 1.52 bits per heavy atom. The lowest BCUT2D eigenvalue weighted by molar-refractivity contribution is -0.121. The Hall–Kier alpha value is -2.52. The first-order valence-electron chi connectivity index (χ1n) is 7.27. The van der Waals surface area contributed by atoms with Crippen molar-refractivity contribution < 1.29 is 9.32 Å². The van der Waals surface area contributed by atoms with Crippen molar-refractivity contribution in [1.82, 2.24) is 10.1 Å². The Morgan fingerprint density at radius 3 is 3.09 bits per heavy atom. The average Bonchev–Trinajstić information content (AvgIpc) is 3.22. The van der Waals surface area contributed by atoms with Crippen molar-refractivity contribution in [2.45, 2.75) is 18.9 Å². The van der Waals surface area contributed by atoms with E-state index in [4.69, 9.17) is 21.4 Å². The zero-order valence-electron chi connectivity index (χ0n) is 12.6. The van der Waals surface area contributed by atoms with E-state index in [9.17, 15) is 4.79 Å². The maximum atomic E-state index is 12.5. The van der Waals surface area contributed by atoms with Gasteiger partial charge in [-0.15, -0.1) is 0 Å². The zero-order valence-corrected chi connectivity index (χ0v) is 13.3. The van der Waals surface area contributed by atoms with E-state index in [2.05, 4.69) is 11.3 Å². The second-order valence-corrected chi connectivity index (χ2v) is 5.85. The summed E-state index contributed by atoms with van der Waals surface area (Å²) in [5.41, 5.74) is 1.42. The van der Waals surface area contributed by atoms with E-state index in [1.54, 1.807) is 25.2 Å². The Bertz CT molecular complexity index is 767. The first-order chi connectivity index (χ1) is 11.1. The summed E-state index contributed by atoms with van der Waals surface area (Å²) >= 11 is 5.97. The van der Waals surface area contributed by atoms with Crippen molar-refractivity contribution in [1.29, 1.82) is 5.26 Å². The summed E-state index contributed by atoms with van der Waals surface area (Å²) < 4.78 is 5.28. The molecule has 1 aliphatic rings. The van der Waals surface area contributed by atoms with Gasteiger partial charge in [0.05, 0.1) is 0 Å². The van der Waals surface area contributed by atoms with E-state index in [0.717, 1.165) is 12.0 Å². The minimum atomic E-state index is -0.426. The molecule has 1 aromatic heterocycles. The summed E-state index contributed by atoms with van der Waals surface area (Å²) in [5, 5.41) is 13.7. The summed E-state index contributed by atoms with van der Waals surface area (Å²) in [4.78, 5) is 15.5. The van der Waals surface area contributed by atoms with Crippen LogP contribution in [0.2, 0.25) is 5.02 Å². The first kappa shape index (κ1) is 15.4. The maximum absolute atomic E-state index is 12.5. The summed E-state index contributed by atoms with van der Waals surface area (Å²) in [5.74, 6) is 0.174. The van der Waals surface area contributed by atoms with Gasteiger partial charge in [-0.25, -0.2) is 0 Å². The lowest BCUT2D eigenvalue weighted by Gasteiger charge is -2.22. The van der Waals surface area contributed by atoms with E-state index in [1.807, 2.05) is 12.1 Å². The largest absolute Gasteiger partial charge is 0.338 e. The molecule has 2 aromatic rings. The molecule has 1 saturated heterocycles. The number of nitrogens with zero attached hydrogens (tertiary/aromatic N) is 4. The van der Waals surface area contributed by atoms with Gasteiger partial charge in [0.2, 0.25) is 5.88 Å². The molecule has 118 valence electrons. The van der Waals surface area contributed by atoms with Crippen molar-refractivity contribution in [3.63, 3.8) is 0 Å². The third-order valence-electron chi connectivity index (χ3n) is 3.95. The van der Waals surface area contributed by atoms with E-state index in [-0.39, 0.29) is 5.91 Å². The van der Waals surface area contributed by atoms with Gasteiger partial charge in [0.15, 0.2) is 6.19 Å². The fraction of sp³-hybridized carbons (Fsp3) is 0.312. The van der Waals surface area contributed by atoms with Crippen LogP contribution in [0.4, 0.5) is 5.88 Å². The highest BCUT2D eigenvalue weighted by Gasteiger charge is 2.33. The number of likely N-dealkylation sites (N-methyl/N-ethyl adjacent to an activating group) is 1. The highest BCUT2D eigenvalue weighted by Crippen LogP contribution is 2.27. The topological polar surface area (TPSA) is 73.4 Å². The van der Waals surface area contributed by atoms with Crippen molar-refractivity contribution in [2.24, 2.45) is 0 Å². The number of benzene rings is 1. The van der Waals surface area contributed by atoms with Crippen LogP contribution in [-0.2, 0) is 4.79 Å². The molecule has 0 radical (unpaired) electrons. The number of rotatable bonds is 3. The summed E-state index contributed by atoms with van der Waals surface area (Å²) in [6.45, 7) is 0.616. The molecule has 0 N–H and O–H groups in total. The van der Waals surface area contributed by atoms with Crippen molar-refractivity contribution in [2.75, 3.05) is 18.5 Å². The first-order valence-corrected chi connectivity index (χ1v) is 7.64. The molecule has 1 fully saturated rings. The van der Waals surface area contributed by atoms with Crippen LogP contribution in [0.3, 0.4) is 0 Å². The molecule has 0 spiro atoms. The number of amides is 1. The smallest absolute Gasteiger partial charge is 0.252 e. The minimum absolute atomic E-state index is 0.169. The van der Waals surface area contributed by atoms with E-state index < -0.39 is 6.04 Å². The van der Waals surface area contributed by atoms with Gasteiger partial charge in [-0.3, -0.25) is 14.6 Å². The Kier molecular flexibility index (Phi) is 4.22. The molecule has 0 bridgehead atoms. The number of aromatic nitrogens is 1. The second-order valence-electron chi connectivity index (χ2n) is 5.41. The molecule has 1 atom stereocenters. The van der Waals surface area contributed by atoms with Gasteiger partial charge < -0.3 is 4.52 Å². The molecule has 0 saturated carbocycles. The molecule has 1 amide bonds. The molecule has 3 rings (SSSR count). The molecule has 7 heteroatoms. The average molecular weight is 331 g/mol. The number of anilines is 1. The number of hydrogen-bond acceptors (Lipinski definition) is 5. The van der Waals surface area contributed by atoms with Crippen LogP contribution in [0.5, 0.6) is 0 Å². The number of nitriles is 1. The van der Waals surface area contributed by atoms with Crippen LogP contribution in [-0.4, -0.2) is 35.6 Å². The zero-order chi connectivity index (χ0) is 16.4. The van der Waals surface area contributed by atoms with Gasteiger partial charge in [0.1, 0.15) is 11.7 Å². The van der Waals surface area contributed by atoms with Gasteiger partial charge in [0.25, 0.3) is 5.91 Å². The Balaban J connectivity index is 1.80.